The standard InChI is InChI=1S/C11H21F2N/c1-3-8-5-4-6-9(7-8)10(14)11(2,12)13/h8-10H,3-7,14H2,1-2H3. The molecule has 2 N–H and O–H groups in total. The molecule has 0 radical (unpaired) electrons. The number of rotatable bonds is 3. The lowest BCUT2D eigenvalue weighted by Gasteiger charge is -2.34. The van der Waals surface area contributed by atoms with Gasteiger partial charge in [-0.05, 0) is 24.7 Å². The van der Waals surface area contributed by atoms with E-state index in [0.29, 0.717) is 5.92 Å². The lowest BCUT2D eigenvalue weighted by Crippen LogP contribution is -2.46. The molecule has 0 spiro atoms. The monoisotopic (exact) mass is 205 g/mol. The van der Waals surface area contributed by atoms with Crippen LogP contribution in [0.4, 0.5) is 8.78 Å². The van der Waals surface area contributed by atoms with Crippen LogP contribution in [0, 0.1) is 11.8 Å². The maximum absolute atomic E-state index is 13.0. The molecule has 0 heterocycles. The summed E-state index contributed by atoms with van der Waals surface area (Å²) in [5.41, 5.74) is 5.59. The van der Waals surface area contributed by atoms with E-state index in [1.807, 2.05) is 0 Å². The molecule has 1 aliphatic rings. The van der Waals surface area contributed by atoms with E-state index in [1.54, 1.807) is 0 Å². The van der Waals surface area contributed by atoms with Crippen LogP contribution >= 0.6 is 0 Å². The first-order chi connectivity index (χ1) is 6.45. The van der Waals surface area contributed by atoms with E-state index in [4.69, 9.17) is 5.73 Å². The second-order valence-electron chi connectivity index (χ2n) is 4.68. The highest BCUT2D eigenvalue weighted by Crippen LogP contribution is 2.36. The van der Waals surface area contributed by atoms with Crippen LogP contribution in [0.1, 0.15) is 46.0 Å². The highest BCUT2D eigenvalue weighted by Gasteiger charge is 2.38. The third-order valence-electron chi connectivity index (χ3n) is 3.49. The SMILES string of the molecule is CCC1CCCC(C(N)C(C)(F)F)C1. The van der Waals surface area contributed by atoms with Crippen LogP contribution in [0.5, 0.6) is 0 Å². The lowest BCUT2D eigenvalue weighted by atomic mass is 9.76. The summed E-state index contributed by atoms with van der Waals surface area (Å²) in [6.07, 6.45) is 5.11. The predicted octanol–water partition coefficient (Wildman–Crippen LogP) is 3.19. The van der Waals surface area contributed by atoms with Crippen molar-refractivity contribution in [1.29, 1.82) is 0 Å². The number of hydrogen-bond donors (Lipinski definition) is 1. The minimum Gasteiger partial charge on any atom is -0.322 e. The maximum atomic E-state index is 13.0. The average molecular weight is 205 g/mol. The van der Waals surface area contributed by atoms with E-state index in [1.165, 1.54) is 6.42 Å². The number of nitrogens with two attached hydrogens (primary N) is 1. The van der Waals surface area contributed by atoms with Crippen LogP contribution in [0.25, 0.3) is 0 Å². The summed E-state index contributed by atoms with van der Waals surface area (Å²) in [6.45, 7) is 3.07. The van der Waals surface area contributed by atoms with Crippen LogP contribution in [0.2, 0.25) is 0 Å². The number of halogens is 2. The predicted molar refractivity (Wildman–Crippen MR) is 54.3 cm³/mol. The van der Waals surface area contributed by atoms with Gasteiger partial charge in [-0.25, -0.2) is 8.78 Å². The molecule has 1 saturated carbocycles. The molecule has 0 bridgehead atoms. The minimum absolute atomic E-state index is 0.0219. The Morgan fingerprint density at radius 1 is 1.43 bits per heavy atom. The molecule has 0 amide bonds. The fourth-order valence-corrected chi connectivity index (χ4v) is 2.44. The van der Waals surface area contributed by atoms with Gasteiger partial charge in [-0.2, -0.15) is 0 Å². The summed E-state index contributed by atoms with van der Waals surface area (Å²) in [4.78, 5) is 0. The molecule has 1 nitrogen and oxygen atoms in total. The molecule has 1 rings (SSSR count). The molecule has 3 unspecified atom stereocenters. The average Bonchev–Trinajstić information content (AvgIpc) is 2.15. The summed E-state index contributed by atoms with van der Waals surface area (Å²) >= 11 is 0. The first-order valence-corrected chi connectivity index (χ1v) is 5.58. The molecule has 3 heteroatoms. The Morgan fingerprint density at radius 2 is 2.07 bits per heavy atom. The Hall–Kier alpha value is -0.180. The summed E-state index contributed by atoms with van der Waals surface area (Å²) in [5.74, 6) is -2.09. The smallest absolute Gasteiger partial charge is 0.260 e. The van der Waals surface area contributed by atoms with Crippen LogP contribution in [0.15, 0.2) is 0 Å². The molecule has 3 atom stereocenters. The molecular weight excluding hydrogens is 184 g/mol. The van der Waals surface area contributed by atoms with Gasteiger partial charge >= 0.3 is 0 Å². The fraction of sp³-hybridized carbons (Fsp3) is 1.00. The van der Waals surface area contributed by atoms with E-state index in [0.717, 1.165) is 32.6 Å². The number of hydrogen-bond acceptors (Lipinski definition) is 1. The quantitative estimate of drug-likeness (QED) is 0.752. The van der Waals surface area contributed by atoms with Gasteiger partial charge < -0.3 is 5.73 Å². The van der Waals surface area contributed by atoms with Crippen molar-refractivity contribution >= 4 is 0 Å². The molecular formula is C11H21F2N. The van der Waals surface area contributed by atoms with Gasteiger partial charge in [0.2, 0.25) is 0 Å². The third kappa shape index (κ3) is 2.91. The van der Waals surface area contributed by atoms with Gasteiger partial charge in [-0.3, -0.25) is 0 Å². The Balaban J connectivity index is 2.51. The Kier molecular flexibility index (Phi) is 3.87. The molecule has 0 aromatic heterocycles. The van der Waals surface area contributed by atoms with Crippen molar-refractivity contribution in [3.05, 3.63) is 0 Å². The first-order valence-electron chi connectivity index (χ1n) is 5.58. The molecule has 1 aliphatic carbocycles. The van der Waals surface area contributed by atoms with E-state index in [9.17, 15) is 8.78 Å². The summed E-state index contributed by atoms with van der Waals surface area (Å²) < 4.78 is 26.0. The van der Waals surface area contributed by atoms with Crippen molar-refractivity contribution in [2.75, 3.05) is 0 Å². The molecule has 1 fully saturated rings. The van der Waals surface area contributed by atoms with Crippen molar-refractivity contribution < 1.29 is 8.78 Å². The summed E-state index contributed by atoms with van der Waals surface area (Å²) in [5, 5.41) is 0. The van der Waals surface area contributed by atoms with Gasteiger partial charge in [0.25, 0.3) is 5.92 Å². The Labute approximate surface area is 85.1 Å². The second-order valence-corrected chi connectivity index (χ2v) is 4.68. The van der Waals surface area contributed by atoms with Gasteiger partial charge in [0.1, 0.15) is 0 Å². The third-order valence-corrected chi connectivity index (χ3v) is 3.49. The van der Waals surface area contributed by atoms with Crippen molar-refractivity contribution in [3.8, 4) is 0 Å². The van der Waals surface area contributed by atoms with Crippen molar-refractivity contribution in [1.82, 2.24) is 0 Å². The molecule has 84 valence electrons. The van der Waals surface area contributed by atoms with Gasteiger partial charge in [0.15, 0.2) is 0 Å². The lowest BCUT2D eigenvalue weighted by molar-refractivity contribution is -0.0333. The first kappa shape index (κ1) is 11.9. The van der Waals surface area contributed by atoms with Gasteiger partial charge in [-0.1, -0.05) is 26.2 Å². The minimum atomic E-state index is -2.72. The van der Waals surface area contributed by atoms with Crippen LogP contribution in [-0.4, -0.2) is 12.0 Å². The van der Waals surface area contributed by atoms with Gasteiger partial charge in [0, 0.05) is 6.92 Å². The zero-order valence-electron chi connectivity index (χ0n) is 9.10. The van der Waals surface area contributed by atoms with E-state index in [-0.39, 0.29) is 5.92 Å². The molecule has 0 aromatic carbocycles. The molecule has 0 aromatic rings. The zero-order valence-corrected chi connectivity index (χ0v) is 9.10. The summed E-state index contributed by atoms with van der Waals surface area (Å²) in [7, 11) is 0. The molecule has 0 aliphatic heterocycles. The maximum Gasteiger partial charge on any atom is 0.260 e. The van der Waals surface area contributed by atoms with E-state index < -0.39 is 12.0 Å². The zero-order chi connectivity index (χ0) is 10.8. The van der Waals surface area contributed by atoms with Crippen molar-refractivity contribution in [2.24, 2.45) is 17.6 Å². The Morgan fingerprint density at radius 3 is 2.57 bits per heavy atom. The van der Waals surface area contributed by atoms with Crippen LogP contribution in [-0.2, 0) is 0 Å². The largest absolute Gasteiger partial charge is 0.322 e. The topological polar surface area (TPSA) is 26.0 Å². The van der Waals surface area contributed by atoms with Crippen LogP contribution in [0.3, 0.4) is 0 Å². The Bertz CT molecular complexity index is 177. The fourth-order valence-electron chi connectivity index (χ4n) is 2.44. The molecule has 14 heavy (non-hydrogen) atoms. The van der Waals surface area contributed by atoms with Crippen molar-refractivity contribution in [3.63, 3.8) is 0 Å². The number of alkyl halides is 2. The van der Waals surface area contributed by atoms with Gasteiger partial charge in [0.05, 0.1) is 6.04 Å². The van der Waals surface area contributed by atoms with Crippen molar-refractivity contribution in [2.45, 2.75) is 57.9 Å². The molecule has 0 saturated heterocycles. The summed E-state index contributed by atoms with van der Waals surface area (Å²) in [6, 6.07) is -0.947. The highest BCUT2D eigenvalue weighted by atomic mass is 19.3. The normalized spacial score (nSPS) is 31.5. The van der Waals surface area contributed by atoms with Gasteiger partial charge in [-0.15, -0.1) is 0 Å². The van der Waals surface area contributed by atoms with E-state index in [2.05, 4.69) is 6.92 Å². The second kappa shape index (κ2) is 4.56. The van der Waals surface area contributed by atoms with E-state index >= 15 is 0 Å². The highest BCUT2D eigenvalue weighted by molar-refractivity contribution is 4.86. The van der Waals surface area contributed by atoms with Crippen LogP contribution < -0.4 is 5.73 Å².